The van der Waals surface area contributed by atoms with Crippen LogP contribution in [0, 0.1) is 5.41 Å². The Morgan fingerprint density at radius 1 is 1.04 bits per heavy atom. The first kappa shape index (κ1) is 18.1. The van der Waals surface area contributed by atoms with Gasteiger partial charge in [0.25, 0.3) is 0 Å². The molecule has 2 aliphatic rings. The Kier molecular flexibility index (Phi) is 4.40. The molecule has 28 heavy (non-hydrogen) atoms. The van der Waals surface area contributed by atoms with Crippen molar-refractivity contribution < 1.29 is 0 Å². The van der Waals surface area contributed by atoms with E-state index in [9.17, 15) is 0 Å². The Balaban J connectivity index is 1.56. The number of fused-ring (bicyclic) bond motifs is 1. The summed E-state index contributed by atoms with van der Waals surface area (Å²) in [5.41, 5.74) is 9.43. The van der Waals surface area contributed by atoms with E-state index in [1.165, 1.54) is 38.5 Å². The van der Waals surface area contributed by atoms with Crippen LogP contribution in [0.3, 0.4) is 0 Å². The number of nitrogen functional groups attached to an aromatic ring is 1. The number of anilines is 2. The normalized spacial score (nSPS) is 19.0. The number of piperidine rings is 1. The van der Waals surface area contributed by atoms with Crippen LogP contribution in [-0.2, 0) is 0 Å². The maximum absolute atomic E-state index is 6.47. The molecule has 2 fully saturated rings. The zero-order valence-electron chi connectivity index (χ0n) is 15.7. The highest BCUT2D eigenvalue weighted by Crippen LogP contribution is 2.47. The first-order valence-corrected chi connectivity index (χ1v) is 10.6. The zero-order valence-corrected chi connectivity index (χ0v) is 17.2. The van der Waals surface area contributed by atoms with E-state index in [1.54, 1.807) is 12.4 Å². The van der Waals surface area contributed by atoms with Crippen molar-refractivity contribution in [3.8, 4) is 11.3 Å². The Morgan fingerprint density at radius 3 is 2.54 bits per heavy atom. The van der Waals surface area contributed by atoms with Crippen molar-refractivity contribution in [1.29, 1.82) is 0 Å². The number of halogens is 2. The molecule has 7 heteroatoms. The summed E-state index contributed by atoms with van der Waals surface area (Å²) in [5.74, 6) is 1.34. The van der Waals surface area contributed by atoms with Crippen molar-refractivity contribution in [2.45, 2.75) is 38.5 Å². The molecule has 1 aromatic carbocycles. The summed E-state index contributed by atoms with van der Waals surface area (Å²) in [7, 11) is 0. The maximum Gasteiger partial charge on any atom is 0.157 e. The van der Waals surface area contributed by atoms with Gasteiger partial charge in [-0.1, -0.05) is 48.2 Å². The third kappa shape index (κ3) is 2.83. The predicted molar refractivity (Wildman–Crippen MR) is 115 cm³/mol. The van der Waals surface area contributed by atoms with Crippen LogP contribution in [0.25, 0.3) is 16.8 Å². The first-order valence-electron chi connectivity index (χ1n) is 9.89. The number of nitrogens with zero attached hydrogens (tertiary/aromatic N) is 4. The van der Waals surface area contributed by atoms with Gasteiger partial charge in [-0.05, 0) is 37.2 Å². The fourth-order valence-corrected chi connectivity index (χ4v) is 5.38. The summed E-state index contributed by atoms with van der Waals surface area (Å²) in [5, 5.41) is 0.968. The van der Waals surface area contributed by atoms with Crippen molar-refractivity contribution in [2.75, 3.05) is 23.7 Å². The maximum atomic E-state index is 6.47. The largest absolute Gasteiger partial charge is 0.382 e. The van der Waals surface area contributed by atoms with E-state index < -0.39 is 0 Å². The van der Waals surface area contributed by atoms with Crippen LogP contribution < -0.4 is 10.6 Å². The molecule has 5 nitrogen and oxygen atoms in total. The minimum absolute atomic E-state index is 0.436. The van der Waals surface area contributed by atoms with Gasteiger partial charge in [-0.25, -0.2) is 9.97 Å². The lowest BCUT2D eigenvalue weighted by atomic mass is 9.77. The highest BCUT2D eigenvalue weighted by Gasteiger charge is 2.37. The molecule has 5 rings (SSSR count). The Morgan fingerprint density at radius 2 is 1.79 bits per heavy atom. The van der Waals surface area contributed by atoms with Crippen molar-refractivity contribution in [1.82, 2.24) is 14.4 Å². The van der Waals surface area contributed by atoms with E-state index in [0.717, 1.165) is 35.7 Å². The molecule has 2 N–H and O–H groups in total. The van der Waals surface area contributed by atoms with Crippen molar-refractivity contribution in [3.05, 3.63) is 40.8 Å². The van der Waals surface area contributed by atoms with Gasteiger partial charge in [0.05, 0.1) is 28.3 Å². The lowest BCUT2D eigenvalue weighted by Gasteiger charge is -2.40. The second-order valence-corrected chi connectivity index (χ2v) is 8.90. The number of hydrogen-bond donors (Lipinski definition) is 1. The molecule has 0 unspecified atom stereocenters. The molecule has 1 aliphatic heterocycles. The van der Waals surface area contributed by atoms with E-state index >= 15 is 0 Å². The van der Waals surface area contributed by atoms with Crippen LogP contribution >= 0.6 is 23.2 Å². The molecule has 3 heterocycles. The van der Waals surface area contributed by atoms with Crippen LogP contribution in [0.4, 0.5) is 11.6 Å². The second-order valence-electron chi connectivity index (χ2n) is 8.11. The number of hydrogen-bond acceptors (Lipinski definition) is 4. The summed E-state index contributed by atoms with van der Waals surface area (Å²) in [4.78, 5) is 11.5. The van der Waals surface area contributed by atoms with E-state index in [2.05, 4.69) is 9.88 Å². The minimum Gasteiger partial charge on any atom is -0.382 e. The van der Waals surface area contributed by atoms with Crippen molar-refractivity contribution in [3.63, 3.8) is 0 Å². The standard InChI is InChI=1S/C21H23Cl2N5/c22-15-5-3-4-14(17(15)23)18-19(24)26-20(16-12-25-13-28(16)18)27-10-8-21(9-11-27)6-1-2-7-21/h3-5,12-13H,1-2,6-11,24H2. The van der Waals surface area contributed by atoms with Gasteiger partial charge < -0.3 is 10.6 Å². The summed E-state index contributed by atoms with van der Waals surface area (Å²) < 4.78 is 1.98. The average Bonchev–Trinajstić information content (AvgIpc) is 3.35. The molecule has 3 aromatic rings. The Bertz CT molecular complexity index is 1030. The summed E-state index contributed by atoms with van der Waals surface area (Å²) in [6, 6.07) is 5.54. The average molecular weight is 416 g/mol. The number of rotatable bonds is 2. The summed E-state index contributed by atoms with van der Waals surface area (Å²) >= 11 is 12.7. The highest BCUT2D eigenvalue weighted by atomic mass is 35.5. The molecule has 1 saturated carbocycles. The van der Waals surface area contributed by atoms with Crippen molar-refractivity contribution in [2.24, 2.45) is 5.41 Å². The van der Waals surface area contributed by atoms with E-state index in [1.807, 2.05) is 22.7 Å². The molecule has 0 atom stereocenters. The molecule has 1 spiro atoms. The molecular formula is C21H23Cl2N5. The number of benzene rings is 1. The monoisotopic (exact) mass is 415 g/mol. The SMILES string of the molecule is Nc1nc(N2CCC3(CCCC3)CC2)c2cncn2c1-c1cccc(Cl)c1Cl. The number of imidazole rings is 1. The minimum atomic E-state index is 0.436. The van der Waals surface area contributed by atoms with Crippen LogP contribution in [0.15, 0.2) is 30.7 Å². The molecular weight excluding hydrogens is 393 g/mol. The smallest absolute Gasteiger partial charge is 0.157 e. The second kappa shape index (κ2) is 6.82. The number of nitrogens with two attached hydrogens (primary N) is 1. The highest BCUT2D eigenvalue weighted by molar-refractivity contribution is 6.43. The molecule has 0 amide bonds. The van der Waals surface area contributed by atoms with Gasteiger partial charge >= 0.3 is 0 Å². The molecule has 1 saturated heterocycles. The summed E-state index contributed by atoms with van der Waals surface area (Å²) in [6.07, 6.45) is 11.6. The van der Waals surface area contributed by atoms with E-state index in [0.29, 0.717) is 21.3 Å². The van der Waals surface area contributed by atoms with Gasteiger partial charge in [0, 0.05) is 18.7 Å². The third-order valence-electron chi connectivity index (χ3n) is 6.57. The number of aromatic nitrogens is 3. The van der Waals surface area contributed by atoms with Gasteiger partial charge in [-0.3, -0.25) is 4.40 Å². The van der Waals surface area contributed by atoms with Crippen LogP contribution in [0.2, 0.25) is 10.0 Å². The van der Waals surface area contributed by atoms with Crippen LogP contribution in [0.1, 0.15) is 38.5 Å². The van der Waals surface area contributed by atoms with Crippen LogP contribution in [-0.4, -0.2) is 27.5 Å². The van der Waals surface area contributed by atoms with Gasteiger partial charge in [0.1, 0.15) is 5.52 Å². The molecule has 146 valence electrons. The molecule has 1 aliphatic carbocycles. The van der Waals surface area contributed by atoms with Gasteiger partial charge in [-0.15, -0.1) is 0 Å². The molecule has 2 aromatic heterocycles. The fraction of sp³-hybridized carbons (Fsp3) is 0.429. The summed E-state index contributed by atoms with van der Waals surface area (Å²) in [6.45, 7) is 2.04. The van der Waals surface area contributed by atoms with Gasteiger partial charge in [-0.2, -0.15) is 0 Å². The van der Waals surface area contributed by atoms with Gasteiger partial charge in [0.2, 0.25) is 0 Å². The van der Waals surface area contributed by atoms with E-state index in [4.69, 9.17) is 33.9 Å². The topological polar surface area (TPSA) is 59.5 Å². The van der Waals surface area contributed by atoms with Gasteiger partial charge in [0.15, 0.2) is 11.6 Å². The lowest BCUT2D eigenvalue weighted by molar-refractivity contribution is 0.226. The first-order chi connectivity index (χ1) is 13.6. The zero-order chi connectivity index (χ0) is 19.3. The predicted octanol–water partition coefficient (Wildman–Crippen LogP) is 5.45. The fourth-order valence-electron chi connectivity index (χ4n) is 4.99. The van der Waals surface area contributed by atoms with Crippen LogP contribution in [0.5, 0.6) is 0 Å². The lowest BCUT2D eigenvalue weighted by Crippen LogP contribution is -2.39. The van der Waals surface area contributed by atoms with Crippen molar-refractivity contribution >= 4 is 40.4 Å². The third-order valence-corrected chi connectivity index (χ3v) is 7.39. The quantitative estimate of drug-likeness (QED) is 0.604. The molecule has 0 bridgehead atoms. The molecule has 0 radical (unpaired) electrons. The Labute approximate surface area is 174 Å². The Hall–Kier alpha value is -1.98. The van der Waals surface area contributed by atoms with E-state index in [-0.39, 0.29) is 0 Å².